The summed E-state index contributed by atoms with van der Waals surface area (Å²) in [6.07, 6.45) is 1.10. The molecular weight excluding hydrogens is 218 g/mol. The van der Waals surface area contributed by atoms with E-state index in [1.54, 1.807) is 6.92 Å². The largest absolute Gasteiger partial charge is 0.298 e. The zero-order valence-corrected chi connectivity index (χ0v) is 11.5. The van der Waals surface area contributed by atoms with Gasteiger partial charge in [-0.3, -0.25) is 9.69 Å². The van der Waals surface area contributed by atoms with Crippen LogP contribution in [0.1, 0.15) is 27.2 Å². The first-order chi connectivity index (χ1) is 7.38. The molecule has 3 aliphatic rings. The number of carbonyl (C=O) groups is 1. The van der Waals surface area contributed by atoms with Gasteiger partial charge in [-0.15, -0.1) is 0 Å². The summed E-state index contributed by atoms with van der Waals surface area (Å²) in [5, 5.41) is 0. The molecule has 1 saturated carbocycles. The maximum Gasteiger partial charge on any atom is 0.146 e. The molecule has 1 aliphatic carbocycles. The topological polar surface area (TPSA) is 20.3 Å². The van der Waals surface area contributed by atoms with Crippen LogP contribution in [0.25, 0.3) is 0 Å². The molecule has 2 spiro atoms. The molecule has 0 aromatic heterocycles. The van der Waals surface area contributed by atoms with Crippen LogP contribution in [0.2, 0.25) is 0 Å². The number of rotatable bonds is 1. The number of thioether (sulfide) groups is 1. The molecule has 2 heterocycles. The lowest BCUT2D eigenvalue weighted by molar-refractivity contribution is -0.120. The lowest BCUT2D eigenvalue weighted by Gasteiger charge is -2.31. The van der Waals surface area contributed by atoms with Gasteiger partial charge in [0.05, 0.1) is 6.04 Å². The van der Waals surface area contributed by atoms with Crippen LogP contribution < -0.4 is 0 Å². The van der Waals surface area contributed by atoms with Crippen molar-refractivity contribution in [2.45, 2.75) is 33.2 Å². The highest BCUT2D eigenvalue weighted by Crippen LogP contribution is 2.86. The van der Waals surface area contributed by atoms with Crippen LogP contribution in [-0.2, 0) is 4.79 Å². The Morgan fingerprint density at radius 3 is 2.25 bits per heavy atom. The van der Waals surface area contributed by atoms with Gasteiger partial charge in [0.1, 0.15) is 5.78 Å². The zero-order valence-electron chi connectivity index (χ0n) is 10.7. The molecular formula is C13H21NOS. The average Bonchev–Trinajstić information content (AvgIpc) is 2.38. The molecule has 0 aromatic carbocycles. The van der Waals surface area contributed by atoms with E-state index in [4.69, 9.17) is 0 Å². The van der Waals surface area contributed by atoms with Crippen molar-refractivity contribution in [1.29, 1.82) is 0 Å². The Bertz CT molecular complexity index is 361. The Balaban J connectivity index is 1.91. The molecule has 3 fully saturated rings. The van der Waals surface area contributed by atoms with E-state index in [0.29, 0.717) is 22.0 Å². The van der Waals surface area contributed by atoms with Gasteiger partial charge in [-0.1, -0.05) is 13.8 Å². The summed E-state index contributed by atoms with van der Waals surface area (Å²) >= 11 is 2.08. The van der Waals surface area contributed by atoms with E-state index in [9.17, 15) is 4.79 Å². The Morgan fingerprint density at radius 1 is 1.31 bits per heavy atom. The quantitative estimate of drug-likeness (QED) is 0.698. The second kappa shape index (κ2) is 2.86. The first kappa shape index (κ1) is 11.1. The molecule has 2 aliphatic heterocycles. The third-order valence-electron chi connectivity index (χ3n) is 6.01. The number of ketones is 1. The summed E-state index contributed by atoms with van der Waals surface area (Å²) in [5.41, 5.74) is 1.45. The second-order valence-corrected chi connectivity index (χ2v) is 7.51. The van der Waals surface area contributed by atoms with Crippen molar-refractivity contribution in [2.24, 2.45) is 16.2 Å². The standard InChI is InChI=1S/C13H21NOS/c1-9(15)10-5-12(6-14(10)4)11(2,3)13(12)7-16-8-13/h10H,5-8H2,1-4H3/t10-,12-/m0/s1. The Labute approximate surface area is 102 Å². The predicted octanol–water partition coefficient (Wildman–Crippen LogP) is 2.04. The van der Waals surface area contributed by atoms with Crippen LogP contribution in [0.15, 0.2) is 0 Å². The normalized spacial score (nSPS) is 43.6. The van der Waals surface area contributed by atoms with E-state index in [-0.39, 0.29) is 6.04 Å². The maximum atomic E-state index is 11.7. The predicted molar refractivity (Wildman–Crippen MR) is 67.7 cm³/mol. The van der Waals surface area contributed by atoms with Gasteiger partial charge in [0.15, 0.2) is 0 Å². The van der Waals surface area contributed by atoms with Crippen LogP contribution >= 0.6 is 11.8 Å². The Morgan fingerprint density at radius 2 is 1.94 bits per heavy atom. The van der Waals surface area contributed by atoms with Crippen molar-refractivity contribution in [3.8, 4) is 0 Å². The number of hydrogen-bond donors (Lipinski definition) is 0. The minimum atomic E-state index is 0.184. The number of nitrogens with zero attached hydrogens (tertiary/aromatic N) is 1. The van der Waals surface area contributed by atoms with Gasteiger partial charge >= 0.3 is 0 Å². The molecule has 2 atom stereocenters. The van der Waals surface area contributed by atoms with Crippen molar-refractivity contribution in [2.75, 3.05) is 25.1 Å². The monoisotopic (exact) mass is 239 g/mol. The molecule has 0 aromatic rings. The molecule has 2 nitrogen and oxygen atoms in total. The Kier molecular flexibility index (Phi) is 1.98. The van der Waals surface area contributed by atoms with Crippen LogP contribution in [0.3, 0.4) is 0 Å². The van der Waals surface area contributed by atoms with Crippen LogP contribution in [0, 0.1) is 16.2 Å². The van der Waals surface area contributed by atoms with Crippen molar-refractivity contribution in [1.82, 2.24) is 4.90 Å². The summed E-state index contributed by atoms with van der Waals surface area (Å²) in [7, 11) is 2.12. The van der Waals surface area contributed by atoms with E-state index >= 15 is 0 Å². The lowest BCUT2D eigenvalue weighted by atomic mass is 9.90. The summed E-state index contributed by atoms with van der Waals surface area (Å²) in [6, 6.07) is 0.184. The van der Waals surface area contributed by atoms with Gasteiger partial charge in [0.25, 0.3) is 0 Å². The number of fused-ring (bicyclic) bond motifs is 1. The van der Waals surface area contributed by atoms with E-state index in [1.165, 1.54) is 11.5 Å². The third-order valence-corrected chi connectivity index (χ3v) is 7.40. The highest BCUT2D eigenvalue weighted by Gasteiger charge is 2.85. The van der Waals surface area contributed by atoms with Crippen molar-refractivity contribution in [3.63, 3.8) is 0 Å². The molecule has 90 valence electrons. The maximum absolute atomic E-state index is 11.7. The van der Waals surface area contributed by atoms with Crippen LogP contribution in [0.4, 0.5) is 0 Å². The van der Waals surface area contributed by atoms with E-state index in [2.05, 4.69) is 37.6 Å². The molecule has 0 radical (unpaired) electrons. The lowest BCUT2D eigenvalue weighted by Crippen LogP contribution is -2.31. The summed E-state index contributed by atoms with van der Waals surface area (Å²) in [4.78, 5) is 13.9. The fraction of sp³-hybridized carbons (Fsp3) is 0.923. The number of carbonyl (C=O) groups excluding carboxylic acids is 1. The van der Waals surface area contributed by atoms with Gasteiger partial charge < -0.3 is 0 Å². The van der Waals surface area contributed by atoms with E-state index in [1.807, 2.05) is 0 Å². The van der Waals surface area contributed by atoms with Crippen molar-refractivity contribution < 1.29 is 4.79 Å². The molecule has 3 heteroatoms. The first-order valence-electron chi connectivity index (χ1n) is 6.16. The van der Waals surface area contributed by atoms with Crippen molar-refractivity contribution >= 4 is 17.5 Å². The van der Waals surface area contributed by atoms with Gasteiger partial charge in [-0.25, -0.2) is 0 Å². The van der Waals surface area contributed by atoms with Crippen LogP contribution in [0.5, 0.6) is 0 Å². The summed E-state index contributed by atoms with van der Waals surface area (Å²) in [6.45, 7) is 7.72. The molecule has 0 bridgehead atoms. The minimum Gasteiger partial charge on any atom is -0.298 e. The number of likely N-dealkylation sites (tertiary alicyclic amines) is 1. The molecule has 3 rings (SSSR count). The van der Waals surface area contributed by atoms with Gasteiger partial charge in [-0.2, -0.15) is 11.8 Å². The molecule has 0 amide bonds. The number of likely N-dealkylation sites (N-methyl/N-ethyl adjacent to an activating group) is 1. The van der Waals surface area contributed by atoms with E-state index < -0.39 is 0 Å². The van der Waals surface area contributed by atoms with Gasteiger partial charge in [-0.05, 0) is 31.2 Å². The fourth-order valence-electron chi connectivity index (χ4n) is 4.54. The molecule has 16 heavy (non-hydrogen) atoms. The smallest absolute Gasteiger partial charge is 0.146 e. The van der Waals surface area contributed by atoms with Crippen LogP contribution in [-0.4, -0.2) is 41.8 Å². The summed E-state index contributed by atoms with van der Waals surface area (Å²) < 4.78 is 0. The third kappa shape index (κ3) is 0.906. The number of hydrogen-bond acceptors (Lipinski definition) is 3. The van der Waals surface area contributed by atoms with Crippen molar-refractivity contribution in [3.05, 3.63) is 0 Å². The SMILES string of the molecule is CC(=O)[C@@H]1C[C@]2(CN1C)C(C)(C)C21CSC1. The number of Topliss-reactive ketones (excluding diaryl/α,β-unsaturated/α-hetero) is 1. The zero-order chi connectivity index (χ0) is 11.8. The minimum absolute atomic E-state index is 0.184. The molecule has 0 N–H and O–H groups in total. The highest BCUT2D eigenvalue weighted by molar-refractivity contribution is 8.00. The van der Waals surface area contributed by atoms with E-state index in [0.717, 1.165) is 13.0 Å². The molecule has 0 unspecified atom stereocenters. The first-order valence-corrected chi connectivity index (χ1v) is 7.32. The second-order valence-electron chi connectivity index (χ2n) is 6.53. The Hall–Kier alpha value is -0.0200. The average molecular weight is 239 g/mol. The fourth-order valence-corrected chi connectivity index (χ4v) is 6.43. The highest BCUT2D eigenvalue weighted by atomic mass is 32.2. The summed E-state index contributed by atoms with van der Waals surface area (Å²) in [5.74, 6) is 2.99. The molecule has 2 saturated heterocycles. The van der Waals surface area contributed by atoms with Gasteiger partial charge in [0, 0.05) is 23.5 Å². The van der Waals surface area contributed by atoms with Gasteiger partial charge in [0.2, 0.25) is 0 Å².